The molecule has 1 aliphatic carbocycles. The van der Waals surface area contributed by atoms with Crippen LogP contribution in [0.15, 0.2) is 59.6 Å². The van der Waals surface area contributed by atoms with Crippen molar-refractivity contribution >= 4 is 22.9 Å². The molecule has 3 aromatic carbocycles. The molecule has 3 atom stereocenters. The van der Waals surface area contributed by atoms with Crippen LogP contribution in [0.25, 0.3) is 0 Å². The number of anilines is 1. The molecule has 1 fully saturated rings. The molecule has 0 amide bonds. The molecule has 36 heavy (non-hydrogen) atoms. The Morgan fingerprint density at radius 3 is 2.47 bits per heavy atom. The monoisotopic (exact) mass is 486 g/mol. The second-order valence-corrected chi connectivity index (χ2v) is 9.18. The number of phenols is 1. The largest absolute Gasteiger partial charge is 0.502 e. The van der Waals surface area contributed by atoms with E-state index in [0.29, 0.717) is 18.6 Å². The molecular formula is C28H26N2O6. The molecule has 0 aromatic heterocycles. The number of nitrogens with one attached hydrogen (secondary N) is 1. The van der Waals surface area contributed by atoms with Crippen LogP contribution >= 0.6 is 0 Å². The number of aliphatic imine (C=N–C) groups is 1. The first kappa shape index (κ1) is 22.3. The molecule has 8 heteroatoms. The van der Waals surface area contributed by atoms with Crippen molar-refractivity contribution in [3.63, 3.8) is 0 Å². The highest BCUT2D eigenvalue weighted by molar-refractivity contribution is 6.11. The number of Topliss-reactive ketones (excluding diaryl/α,β-unsaturated/α-hetero) is 1. The number of hydrogen-bond donors (Lipinski definition) is 2. The number of ketones is 1. The van der Waals surface area contributed by atoms with Gasteiger partial charge in [-0.3, -0.25) is 9.79 Å². The van der Waals surface area contributed by atoms with E-state index < -0.39 is 12.0 Å². The van der Waals surface area contributed by atoms with Crippen molar-refractivity contribution in [1.82, 2.24) is 0 Å². The summed E-state index contributed by atoms with van der Waals surface area (Å²) >= 11 is 0. The minimum Gasteiger partial charge on any atom is -0.502 e. The fourth-order valence-corrected chi connectivity index (χ4v) is 5.37. The molecule has 3 unspecified atom stereocenters. The smallest absolute Gasteiger partial charge is 0.231 e. The van der Waals surface area contributed by atoms with Crippen LogP contribution in [0.4, 0.5) is 11.4 Å². The predicted octanol–water partition coefficient (Wildman–Crippen LogP) is 5.14. The summed E-state index contributed by atoms with van der Waals surface area (Å²) in [5, 5.41) is 14.0. The molecule has 2 heterocycles. The van der Waals surface area contributed by atoms with E-state index in [9.17, 15) is 9.90 Å². The van der Waals surface area contributed by atoms with Gasteiger partial charge in [-0.2, -0.15) is 0 Å². The van der Waals surface area contributed by atoms with Gasteiger partial charge in [0.25, 0.3) is 0 Å². The van der Waals surface area contributed by atoms with Gasteiger partial charge in [-0.05, 0) is 59.9 Å². The molecule has 0 bridgehead atoms. The van der Waals surface area contributed by atoms with Crippen LogP contribution in [0.3, 0.4) is 0 Å². The molecular weight excluding hydrogens is 460 g/mol. The van der Waals surface area contributed by atoms with E-state index in [4.69, 9.17) is 23.9 Å². The second-order valence-electron chi connectivity index (χ2n) is 9.18. The lowest BCUT2D eigenvalue weighted by Crippen LogP contribution is -2.38. The third-order valence-electron chi connectivity index (χ3n) is 7.15. The van der Waals surface area contributed by atoms with Gasteiger partial charge in [0.2, 0.25) is 12.5 Å². The summed E-state index contributed by atoms with van der Waals surface area (Å²) in [6, 6.07) is 16.7. The van der Waals surface area contributed by atoms with Crippen LogP contribution in [0, 0.1) is 5.92 Å². The zero-order valence-electron chi connectivity index (χ0n) is 20.0. The van der Waals surface area contributed by atoms with Crippen LogP contribution in [0.1, 0.15) is 35.9 Å². The molecule has 3 aromatic rings. The van der Waals surface area contributed by atoms with Gasteiger partial charge >= 0.3 is 0 Å². The summed E-state index contributed by atoms with van der Waals surface area (Å²) in [5.74, 6) is 1.51. The summed E-state index contributed by atoms with van der Waals surface area (Å²) in [4.78, 5) is 18.8. The highest BCUT2D eigenvalue weighted by atomic mass is 16.7. The number of rotatable bonds is 4. The van der Waals surface area contributed by atoms with Crippen LogP contribution in [0.2, 0.25) is 0 Å². The molecule has 0 radical (unpaired) electrons. The Bertz CT molecular complexity index is 1360. The molecule has 0 saturated heterocycles. The highest BCUT2D eigenvalue weighted by Gasteiger charge is 2.42. The zero-order chi connectivity index (χ0) is 24.8. The first-order valence-electron chi connectivity index (χ1n) is 11.9. The number of para-hydroxylation sites is 2. The number of ether oxygens (including phenoxy) is 4. The molecule has 1 saturated carbocycles. The van der Waals surface area contributed by atoms with Gasteiger partial charge in [-0.15, -0.1) is 0 Å². The van der Waals surface area contributed by atoms with Crippen molar-refractivity contribution in [2.75, 3.05) is 26.3 Å². The summed E-state index contributed by atoms with van der Waals surface area (Å²) in [6.07, 6.45) is 1.01. The molecule has 184 valence electrons. The number of aromatic hydroxyl groups is 1. The maximum atomic E-state index is 13.8. The Kier molecular flexibility index (Phi) is 5.44. The summed E-state index contributed by atoms with van der Waals surface area (Å²) in [7, 11) is 2.98. The van der Waals surface area contributed by atoms with E-state index >= 15 is 0 Å². The lowest BCUT2D eigenvalue weighted by molar-refractivity contribution is -0.122. The summed E-state index contributed by atoms with van der Waals surface area (Å²) in [5.41, 5.74) is 4.25. The van der Waals surface area contributed by atoms with E-state index in [2.05, 4.69) is 5.32 Å². The van der Waals surface area contributed by atoms with Gasteiger partial charge < -0.3 is 29.4 Å². The minimum atomic E-state index is -0.485. The molecule has 2 aliphatic heterocycles. The third kappa shape index (κ3) is 3.69. The maximum Gasteiger partial charge on any atom is 0.231 e. The molecule has 2 N–H and O–H groups in total. The number of methoxy groups -OCH3 is 2. The number of nitrogens with zero attached hydrogens (tertiary/aromatic N) is 1. The third-order valence-corrected chi connectivity index (χ3v) is 7.15. The number of carbonyl (C=O) groups is 1. The van der Waals surface area contributed by atoms with Crippen molar-refractivity contribution in [1.29, 1.82) is 0 Å². The number of benzene rings is 3. The SMILES string of the molecule is COc1cc(C2Nc3ccccc3N=C3CC(c4ccc5c(c4)OCO5)CC(=O)C32)cc(OC)c1O. The average Bonchev–Trinajstić information content (AvgIpc) is 3.29. The van der Waals surface area contributed by atoms with E-state index in [0.717, 1.165) is 34.0 Å². The van der Waals surface area contributed by atoms with E-state index in [1.54, 1.807) is 12.1 Å². The van der Waals surface area contributed by atoms with Gasteiger partial charge in [0.15, 0.2) is 23.0 Å². The lowest BCUT2D eigenvalue weighted by Gasteiger charge is -2.34. The highest BCUT2D eigenvalue weighted by Crippen LogP contribution is 2.47. The van der Waals surface area contributed by atoms with Crippen molar-refractivity contribution in [3.8, 4) is 28.7 Å². The van der Waals surface area contributed by atoms with Crippen LogP contribution < -0.4 is 24.3 Å². The second kappa shape index (κ2) is 8.78. The standard InChI is InChI=1S/C28H26N2O6/c1-33-24-12-17(13-25(34-2)28(24)32)27-26-20(29-18-5-3-4-6-19(18)30-27)9-16(10-21(26)31)15-7-8-22-23(11-15)36-14-35-22/h3-8,11-13,16,26-27,30,32H,9-10,14H2,1-2H3. The van der Waals surface area contributed by atoms with E-state index in [1.807, 2.05) is 42.5 Å². The van der Waals surface area contributed by atoms with Gasteiger partial charge in [0.05, 0.1) is 37.6 Å². The van der Waals surface area contributed by atoms with Crippen LogP contribution in [-0.4, -0.2) is 37.6 Å². The van der Waals surface area contributed by atoms with Crippen molar-refractivity contribution in [3.05, 3.63) is 65.7 Å². The number of phenolic OH excluding ortho intramolecular Hbond substituents is 1. The molecule has 6 rings (SSSR count). The van der Waals surface area contributed by atoms with Gasteiger partial charge in [-0.25, -0.2) is 0 Å². The number of fused-ring (bicyclic) bond motifs is 3. The number of carbonyl (C=O) groups excluding carboxylic acids is 1. The summed E-state index contributed by atoms with van der Waals surface area (Å²) < 4.78 is 21.8. The van der Waals surface area contributed by atoms with Crippen LogP contribution in [-0.2, 0) is 4.79 Å². The quantitative estimate of drug-likeness (QED) is 0.527. The van der Waals surface area contributed by atoms with Gasteiger partial charge in [-0.1, -0.05) is 18.2 Å². The van der Waals surface area contributed by atoms with Crippen LogP contribution in [0.5, 0.6) is 28.7 Å². The van der Waals surface area contributed by atoms with E-state index in [-0.39, 0.29) is 35.7 Å². The topological polar surface area (TPSA) is 98.6 Å². The predicted molar refractivity (Wildman–Crippen MR) is 134 cm³/mol. The van der Waals surface area contributed by atoms with Crippen molar-refractivity contribution < 1.29 is 28.8 Å². The molecule has 3 aliphatic rings. The minimum absolute atomic E-state index is 0.0168. The Labute approximate surface area is 208 Å². The van der Waals surface area contributed by atoms with Crippen molar-refractivity contribution in [2.24, 2.45) is 10.9 Å². The molecule has 8 nitrogen and oxygen atoms in total. The molecule has 0 spiro atoms. The first-order valence-corrected chi connectivity index (χ1v) is 11.9. The summed E-state index contributed by atoms with van der Waals surface area (Å²) in [6.45, 7) is 0.209. The van der Waals surface area contributed by atoms with Crippen molar-refractivity contribution in [2.45, 2.75) is 24.8 Å². The Hall–Kier alpha value is -4.20. The fourth-order valence-electron chi connectivity index (χ4n) is 5.37. The van der Waals surface area contributed by atoms with Gasteiger partial charge in [0, 0.05) is 12.1 Å². The Morgan fingerprint density at radius 1 is 0.944 bits per heavy atom. The number of hydrogen-bond acceptors (Lipinski definition) is 8. The van der Waals surface area contributed by atoms with E-state index in [1.165, 1.54) is 14.2 Å². The average molecular weight is 487 g/mol. The zero-order valence-corrected chi connectivity index (χ0v) is 20.0. The Balaban J connectivity index is 1.43. The maximum absolute atomic E-state index is 13.8. The first-order chi connectivity index (χ1) is 17.6. The lowest BCUT2D eigenvalue weighted by atomic mass is 9.72. The fraction of sp³-hybridized carbons (Fsp3) is 0.286. The van der Waals surface area contributed by atoms with Gasteiger partial charge in [0.1, 0.15) is 5.78 Å². The Morgan fingerprint density at radius 2 is 1.69 bits per heavy atom. The normalized spacial score (nSPS) is 22.0.